The van der Waals surface area contributed by atoms with Crippen molar-refractivity contribution in [3.8, 4) is 0 Å². The van der Waals surface area contributed by atoms with Gasteiger partial charge in [0.25, 0.3) is 0 Å². The van der Waals surface area contributed by atoms with Crippen molar-refractivity contribution in [2.45, 2.75) is 18.9 Å². The fourth-order valence-electron chi connectivity index (χ4n) is 0.678. The molecule has 0 aliphatic heterocycles. The molecular formula is C7H18N4O2. The van der Waals surface area contributed by atoms with Crippen LogP contribution in [-0.2, 0) is 4.79 Å². The molecule has 0 spiro atoms. The van der Waals surface area contributed by atoms with Crippen LogP contribution in [0.1, 0.15) is 12.8 Å². The Morgan fingerprint density at radius 3 is 2.38 bits per heavy atom. The summed E-state index contributed by atoms with van der Waals surface area (Å²) < 4.78 is 0. The van der Waals surface area contributed by atoms with Gasteiger partial charge in [0.1, 0.15) is 6.04 Å². The fraction of sp³-hybridized carbons (Fsp3) is 0.571. The maximum Gasteiger partial charge on any atom is 0.338 e. The van der Waals surface area contributed by atoms with E-state index in [2.05, 4.69) is 4.99 Å². The molecule has 0 rings (SSSR count). The highest BCUT2D eigenvalue weighted by atomic mass is 16.4. The minimum atomic E-state index is -0.986. The second kappa shape index (κ2) is 7.35. The first-order valence-corrected chi connectivity index (χ1v) is 3.64. The lowest BCUT2D eigenvalue weighted by Crippen LogP contribution is -2.78. The van der Waals surface area contributed by atoms with E-state index in [1.807, 2.05) is 0 Å². The molecule has 0 unspecified atom stereocenters. The summed E-state index contributed by atoms with van der Waals surface area (Å²) in [5.41, 5.74) is 15.4. The van der Waals surface area contributed by atoms with Gasteiger partial charge in [0, 0.05) is 0 Å². The van der Waals surface area contributed by atoms with Crippen LogP contribution < -0.4 is 22.2 Å². The van der Waals surface area contributed by atoms with E-state index in [9.17, 15) is 4.79 Å². The topological polar surface area (TPSA) is 129 Å². The Hall–Kier alpha value is -1.30. The average Bonchev–Trinajstić information content (AvgIpc) is 1.97. The molecular weight excluding hydrogens is 172 g/mol. The van der Waals surface area contributed by atoms with Gasteiger partial charge in [-0.15, -0.1) is 0 Å². The number of hydrogen-bond donors (Lipinski definition) is 5. The molecule has 0 saturated heterocycles. The van der Waals surface area contributed by atoms with Gasteiger partial charge in [-0.25, -0.2) is 0 Å². The number of carboxylic acids is 1. The highest BCUT2D eigenvalue weighted by Crippen LogP contribution is 1.90. The highest BCUT2D eigenvalue weighted by molar-refractivity contribution is 5.72. The van der Waals surface area contributed by atoms with Crippen LogP contribution in [0.3, 0.4) is 0 Å². The van der Waals surface area contributed by atoms with E-state index in [1.54, 1.807) is 0 Å². The van der Waals surface area contributed by atoms with Crippen LogP contribution in [0, 0.1) is 7.43 Å². The highest BCUT2D eigenvalue weighted by Gasteiger charge is 2.09. The molecule has 0 aliphatic carbocycles. The smallest absolute Gasteiger partial charge is 0.338 e. The lowest BCUT2D eigenvalue weighted by molar-refractivity contribution is -0.459. The average molecular weight is 190 g/mol. The molecule has 0 saturated carbocycles. The van der Waals surface area contributed by atoms with E-state index in [-0.39, 0.29) is 13.4 Å². The molecule has 78 valence electrons. The van der Waals surface area contributed by atoms with E-state index >= 15 is 0 Å². The van der Waals surface area contributed by atoms with Crippen LogP contribution in [0.25, 0.3) is 0 Å². The zero-order valence-electron chi connectivity index (χ0n) is 7.79. The first-order chi connectivity index (χ1) is 5.54. The normalized spacial score (nSPS) is 11.2. The van der Waals surface area contributed by atoms with Crippen molar-refractivity contribution in [1.82, 2.24) is 0 Å². The molecule has 0 heterocycles. The van der Waals surface area contributed by atoms with Crippen molar-refractivity contribution in [3.63, 3.8) is 0 Å². The van der Waals surface area contributed by atoms with Gasteiger partial charge >= 0.3 is 11.9 Å². The minimum Gasteiger partial charge on any atom is -0.480 e. The summed E-state index contributed by atoms with van der Waals surface area (Å²) >= 11 is 0. The summed E-state index contributed by atoms with van der Waals surface area (Å²) in [5.74, 6) is -0.849. The third-order valence-corrected chi connectivity index (χ3v) is 1.34. The second-order valence-corrected chi connectivity index (χ2v) is 2.47. The lowest BCUT2D eigenvalue weighted by Gasteiger charge is -2.02. The molecule has 13 heavy (non-hydrogen) atoms. The minimum absolute atomic E-state index is 0. The maximum absolute atomic E-state index is 10.2. The Morgan fingerprint density at radius 1 is 1.46 bits per heavy atom. The lowest BCUT2D eigenvalue weighted by atomic mass is 10.2. The Balaban J connectivity index is 0. The number of rotatable bonds is 5. The molecule has 0 fully saturated rings. The number of hydrogen-bond acceptors (Lipinski definition) is 2. The summed E-state index contributed by atoms with van der Waals surface area (Å²) in [6, 6.07) is -0.800. The monoisotopic (exact) mass is 190 g/mol. The van der Waals surface area contributed by atoms with E-state index in [0.717, 1.165) is 0 Å². The first kappa shape index (κ1) is 14.2. The van der Waals surface area contributed by atoms with Gasteiger partial charge in [0.15, 0.2) is 0 Å². The SMILES string of the molecule is NC(N)=[NH+]CCC[C@H](N)C(=O)O.[CH3-]. The van der Waals surface area contributed by atoms with Gasteiger partial charge in [-0.2, -0.15) is 0 Å². The number of carbonyl (C=O) groups is 1. The van der Waals surface area contributed by atoms with Gasteiger partial charge in [0.2, 0.25) is 0 Å². The van der Waals surface area contributed by atoms with E-state index in [0.29, 0.717) is 19.4 Å². The van der Waals surface area contributed by atoms with Crippen molar-refractivity contribution in [2.24, 2.45) is 17.2 Å². The molecule has 0 aromatic heterocycles. The molecule has 0 bridgehead atoms. The largest absolute Gasteiger partial charge is 0.480 e. The third kappa shape index (κ3) is 8.61. The molecule has 0 aliphatic rings. The third-order valence-electron chi connectivity index (χ3n) is 1.34. The van der Waals surface area contributed by atoms with Crippen molar-refractivity contribution in [1.29, 1.82) is 0 Å². The van der Waals surface area contributed by atoms with Crippen LogP contribution >= 0.6 is 0 Å². The summed E-state index contributed by atoms with van der Waals surface area (Å²) in [5, 5.41) is 8.39. The van der Waals surface area contributed by atoms with Gasteiger partial charge < -0.3 is 18.3 Å². The Labute approximate surface area is 77.8 Å². The van der Waals surface area contributed by atoms with Crippen molar-refractivity contribution < 1.29 is 14.9 Å². The molecule has 0 aromatic carbocycles. The molecule has 8 N–H and O–H groups in total. The Bertz CT molecular complexity index is 177. The summed E-state index contributed by atoms with van der Waals surface area (Å²) in [6.07, 6.45) is 1.04. The number of nitrogens with two attached hydrogens (primary N) is 3. The Morgan fingerprint density at radius 2 is 2.00 bits per heavy atom. The van der Waals surface area contributed by atoms with Crippen LogP contribution in [0.4, 0.5) is 0 Å². The van der Waals surface area contributed by atoms with Gasteiger partial charge in [-0.3, -0.25) is 21.3 Å². The van der Waals surface area contributed by atoms with E-state index in [4.69, 9.17) is 22.3 Å². The van der Waals surface area contributed by atoms with Crippen LogP contribution in [0.2, 0.25) is 0 Å². The van der Waals surface area contributed by atoms with Crippen LogP contribution in [-0.4, -0.2) is 29.6 Å². The number of nitrogens with one attached hydrogen (secondary N) is 1. The van der Waals surface area contributed by atoms with Crippen molar-refractivity contribution >= 4 is 11.9 Å². The first-order valence-electron chi connectivity index (χ1n) is 3.64. The molecule has 1 atom stereocenters. The predicted octanol–water partition coefficient (Wildman–Crippen LogP) is -3.02. The van der Waals surface area contributed by atoms with Gasteiger partial charge in [0.05, 0.1) is 6.54 Å². The zero-order chi connectivity index (χ0) is 9.56. The molecule has 0 amide bonds. The van der Waals surface area contributed by atoms with Gasteiger partial charge in [-0.05, 0) is 12.8 Å². The fourth-order valence-corrected chi connectivity index (χ4v) is 0.678. The molecule has 0 aromatic rings. The van der Waals surface area contributed by atoms with E-state index in [1.165, 1.54) is 0 Å². The Kier molecular flexibility index (Phi) is 8.05. The van der Waals surface area contributed by atoms with Gasteiger partial charge in [-0.1, -0.05) is 0 Å². The molecule has 6 heteroatoms. The quantitative estimate of drug-likeness (QED) is 0.136. The standard InChI is InChI=1S/C6H14N4O2.CH3/c7-4(5(11)12)2-1-3-10-6(8)9;/h4H,1-3,7H2,(H,11,12)(H4,8,9,10);1H3/q;-1/p+1/t4-;/m0./s1. The number of aliphatic carboxylic acids is 1. The molecule has 0 radical (unpaired) electrons. The van der Waals surface area contributed by atoms with E-state index < -0.39 is 12.0 Å². The predicted molar refractivity (Wildman–Crippen MR) is 50.5 cm³/mol. The van der Waals surface area contributed by atoms with Crippen molar-refractivity contribution in [3.05, 3.63) is 7.43 Å². The van der Waals surface area contributed by atoms with Crippen LogP contribution in [0.15, 0.2) is 0 Å². The molecule has 6 nitrogen and oxygen atoms in total. The number of guanidine groups is 1. The summed E-state index contributed by atoms with van der Waals surface area (Å²) in [6.45, 7) is 0.545. The maximum atomic E-state index is 10.2. The zero-order valence-corrected chi connectivity index (χ0v) is 7.79. The second-order valence-electron chi connectivity index (χ2n) is 2.47. The van der Waals surface area contributed by atoms with Crippen molar-refractivity contribution in [2.75, 3.05) is 6.54 Å². The number of carboxylic acid groups (broad SMARTS) is 1. The van der Waals surface area contributed by atoms with Crippen LogP contribution in [0.5, 0.6) is 0 Å². The summed E-state index contributed by atoms with van der Waals surface area (Å²) in [4.78, 5) is 12.9. The summed E-state index contributed by atoms with van der Waals surface area (Å²) in [7, 11) is 0.